The first-order valence-electron chi connectivity index (χ1n) is 9.40. The van der Waals surface area contributed by atoms with Gasteiger partial charge in [0.05, 0.1) is 0 Å². The fourth-order valence-corrected chi connectivity index (χ4v) is 5.60. The SMILES string of the molecule is CCO[Si](CCCN(CCCC(=O)Cl)CCCC(=O)Cl)(OCC)OCC. The van der Waals surface area contributed by atoms with Crippen molar-refractivity contribution in [2.75, 3.05) is 39.5 Å². The number of rotatable bonds is 18. The van der Waals surface area contributed by atoms with Crippen molar-refractivity contribution in [3.05, 3.63) is 0 Å². The van der Waals surface area contributed by atoms with E-state index in [-0.39, 0.29) is 10.5 Å². The van der Waals surface area contributed by atoms with Gasteiger partial charge < -0.3 is 18.2 Å². The van der Waals surface area contributed by atoms with Crippen LogP contribution in [0.3, 0.4) is 0 Å². The van der Waals surface area contributed by atoms with Gasteiger partial charge >= 0.3 is 8.80 Å². The third kappa shape index (κ3) is 13.2. The van der Waals surface area contributed by atoms with Crippen LogP contribution in [0.25, 0.3) is 0 Å². The Hall–Kier alpha value is -0.0231. The zero-order valence-electron chi connectivity index (χ0n) is 16.2. The van der Waals surface area contributed by atoms with Gasteiger partial charge in [-0.2, -0.15) is 0 Å². The maximum Gasteiger partial charge on any atom is 0.500 e. The van der Waals surface area contributed by atoms with E-state index in [9.17, 15) is 9.59 Å². The van der Waals surface area contributed by atoms with Crippen molar-refractivity contribution >= 4 is 42.5 Å². The van der Waals surface area contributed by atoms with Gasteiger partial charge in [0.1, 0.15) is 0 Å². The highest BCUT2D eigenvalue weighted by Gasteiger charge is 2.39. The second-order valence-electron chi connectivity index (χ2n) is 5.84. The number of halogens is 2. The lowest BCUT2D eigenvalue weighted by atomic mass is 10.2. The van der Waals surface area contributed by atoms with Gasteiger partial charge in [0.15, 0.2) is 0 Å². The van der Waals surface area contributed by atoms with Gasteiger partial charge in [0, 0.05) is 38.7 Å². The van der Waals surface area contributed by atoms with Crippen LogP contribution < -0.4 is 0 Å². The summed E-state index contributed by atoms with van der Waals surface area (Å²) in [6.07, 6.45) is 2.95. The van der Waals surface area contributed by atoms with Crippen molar-refractivity contribution in [1.29, 1.82) is 0 Å². The summed E-state index contributed by atoms with van der Waals surface area (Å²) in [5, 5.41) is -0.646. The Kier molecular flexibility index (Phi) is 16.0. The van der Waals surface area contributed by atoms with Crippen molar-refractivity contribution in [3.8, 4) is 0 Å². The molecule has 0 bridgehead atoms. The molecule has 0 aromatic heterocycles. The summed E-state index contributed by atoms with van der Waals surface area (Å²) in [5.74, 6) is 0. The lowest BCUT2D eigenvalue weighted by Crippen LogP contribution is -2.46. The van der Waals surface area contributed by atoms with Gasteiger partial charge in [0.25, 0.3) is 0 Å². The summed E-state index contributed by atoms with van der Waals surface area (Å²) in [7, 11) is -2.64. The van der Waals surface area contributed by atoms with E-state index < -0.39 is 8.80 Å². The van der Waals surface area contributed by atoms with Gasteiger partial charge in [-0.05, 0) is 82.9 Å². The molecule has 154 valence electrons. The first kappa shape index (κ1) is 26.0. The lowest BCUT2D eigenvalue weighted by molar-refractivity contribution is -0.112. The van der Waals surface area contributed by atoms with Crippen LogP contribution in [0, 0.1) is 0 Å². The zero-order valence-corrected chi connectivity index (χ0v) is 18.7. The fourth-order valence-electron chi connectivity index (χ4n) is 2.74. The molecule has 0 rings (SSSR count). The Balaban J connectivity index is 4.58. The van der Waals surface area contributed by atoms with E-state index in [1.54, 1.807) is 0 Å². The van der Waals surface area contributed by atoms with Crippen molar-refractivity contribution < 1.29 is 22.9 Å². The number of hydrogen-bond acceptors (Lipinski definition) is 6. The van der Waals surface area contributed by atoms with Crippen LogP contribution in [-0.2, 0) is 22.9 Å². The monoisotopic (exact) mass is 429 g/mol. The molecule has 0 heterocycles. The van der Waals surface area contributed by atoms with Crippen LogP contribution in [0.2, 0.25) is 6.04 Å². The molecule has 0 saturated carbocycles. The van der Waals surface area contributed by atoms with E-state index in [2.05, 4.69) is 4.90 Å². The average molecular weight is 430 g/mol. The summed E-state index contributed by atoms with van der Waals surface area (Å²) >= 11 is 10.8. The minimum Gasteiger partial charge on any atom is -0.374 e. The summed E-state index contributed by atoms with van der Waals surface area (Å²) in [4.78, 5) is 24.1. The molecule has 0 amide bonds. The van der Waals surface area contributed by atoms with E-state index in [4.69, 9.17) is 36.5 Å². The van der Waals surface area contributed by atoms with Crippen LogP contribution in [-0.4, -0.2) is 63.6 Å². The van der Waals surface area contributed by atoms with Gasteiger partial charge in [-0.15, -0.1) is 0 Å². The molecule has 0 N–H and O–H groups in total. The van der Waals surface area contributed by atoms with Crippen molar-refractivity contribution in [3.63, 3.8) is 0 Å². The van der Waals surface area contributed by atoms with E-state index in [0.717, 1.165) is 32.1 Å². The normalized spacial score (nSPS) is 11.9. The molecule has 0 unspecified atom stereocenters. The third-order valence-electron chi connectivity index (χ3n) is 3.75. The summed E-state index contributed by atoms with van der Waals surface area (Å²) in [6.45, 7) is 9.83. The van der Waals surface area contributed by atoms with Crippen LogP contribution in [0.5, 0.6) is 0 Å². The Morgan fingerprint density at radius 3 is 1.50 bits per heavy atom. The number of carbonyl (C=O) groups excluding carboxylic acids is 2. The maximum atomic E-state index is 10.9. The minimum absolute atomic E-state index is 0.323. The largest absolute Gasteiger partial charge is 0.500 e. The molecular weight excluding hydrogens is 397 g/mol. The van der Waals surface area contributed by atoms with Gasteiger partial charge in [-0.3, -0.25) is 9.59 Å². The van der Waals surface area contributed by atoms with E-state index >= 15 is 0 Å². The topological polar surface area (TPSA) is 65.1 Å². The number of carbonyl (C=O) groups is 2. The standard InChI is InChI=1S/C17H33Cl2NO5Si/c1-4-23-26(24-5-2,25-6-3)15-9-14-20(12-7-10-16(18)21)13-8-11-17(19)22/h4-15H2,1-3H3. The van der Waals surface area contributed by atoms with Gasteiger partial charge in [-0.1, -0.05) is 0 Å². The van der Waals surface area contributed by atoms with E-state index in [1.165, 1.54) is 0 Å². The van der Waals surface area contributed by atoms with Crippen molar-refractivity contribution in [1.82, 2.24) is 4.90 Å². The molecule has 0 spiro atoms. The molecule has 0 aliphatic carbocycles. The molecule has 6 nitrogen and oxygen atoms in total. The Morgan fingerprint density at radius 1 is 0.769 bits per heavy atom. The quantitative estimate of drug-likeness (QED) is 0.243. The molecule has 9 heteroatoms. The molecule has 0 atom stereocenters. The van der Waals surface area contributed by atoms with E-state index in [1.807, 2.05) is 20.8 Å². The Morgan fingerprint density at radius 2 is 1.15 bits per heavy atom. The first-order valence-corrected chi connectivity index (χ1v) is 12.1. The smallest absolute Gasteiger partial charge is 0.374 e. The predicted molar refractivity (Wildman–Crippen MR) is 107 cm³/mol. The van der Waals surface area contributed by atoms with E-state index in [0.29, 0.717) is 45.5 Å². The molecule has 0 fully saturated rings. The third-order valence-corrected chi connectivity index (χ3v) is 7.27. The molecule has 0 aliphatic heterocycles. The summed E-state index contributed by atoms with van der Waals surface area (Å²) in [5.41, 5.74) is 0. The summed E-state index contributed by atoms with van der Waals surface area (Å²) < 4.78 is 17.6. The lowest BCUT2D eigenvalue weighted by Gasteiger charge is -2.29. The molecule has 26 heavy (non-hydrogen) atoms. The zero-order chi connectivity index (χ0) is 19.8. The number of hydrogen-bond donors (Lipinski definition) is 0. The van der Waals surface area contributed by atoms with Gasteiger partial charge in [-0.25, -0.2) is 0 Å². The highest BCUT2D eigenvalue weighted by molar-refractivity contribution is 6.63. The molecule has 0 aromatic carbocycles. The molecule has 0 radical (unpaired) electrons. The Labute approximate surface area is 168 Å². The highest BCUT2D eigenvalue weighted by atomic mass is 35.5. The Bertz CT molecular complexity index is 364. The molecule has 0 aliphatic rings. The average Bonchev–Trinajstić information content (AvgIpc) is 2.54. The number of nitrogens with zero attached hydrogens (tertiary/aromatic N) is 1. The molecule has 0 saturated heterocycles. The van der Waals surface area contributed by atoms with Crippen molar-refractivity contribution in [2.24, 2.45) is 0 Å². The second-order valence-corrected chi connectivity index (χ2v) is 9.42. The van der Waals surface area contributed by atoms with Crippen molar-refractivity contribution in [2.45, 2.75) is 58.9 Å². The molecular formula is C17H33Cl2NO5Si. The van der Waals surface area contributed by atoms with Crippen LogP contribution in [0.1, 0.15) is 52.9 Å². The van der Waals surface area contributed by atoms with Crippen LogP contribution in [0.15, 0.2) is 0 Å². The van der Waals surface area contributed by atoms with Crippen LogP contribution >= 0.6 is 23.2 Å². The van der Waals surface area contributed by atoms with Crippen LogP contribution in [0.4, 0.5) is 0 Å². The van der Waals surface area contributed by atoms with Gasteiger partial charge in [0.2, 0.25) is 10.5 Å². The fraction of sp³-hybridized carbons (Fsp3) is 0.882. The highest BCUT2D eigenvalue weighted by Crippen LogP contribution is 2.19. The predicted octanol–water partition coefficient (Wildman–Crippen LogP) is 3.82. The first-order chi connectivity index (χ1) is 12.4. The summed E-state index contributed by atoms with van der Waals surface area (Å²) in [6, 6.07) is 0.738. The maximum absolute atomic E-state index is 10.9. The molecule has 0 aromatic rings. The second kappa shape index (κ2) is 16.0. The minimum atomic E-state index is -2.64.